The molecule has 36 heavy (non-hydrogen) atoms. The van der Waals surface area contributed by atoms with Gasteiger partial charge in [-0.05, 0) is 29.2 Å². The highest BCUT2D eigenvalue weighted by Gasteiger charge is 2.28. The maximum Gasteiger partial charge on any atom is 0.343 e. The van der Waals surface area contributed by atoms with Crippen LogP contribution in [0.3, 0.4) is 0 Å². The van der Waals surface area contributed by atoms with Crippen molar-refractivity contribution in [2.75, 3.05) is 20.2 Å². The predicted octanol–water partition coefficient (Wildman–Crippen LogP) is 3.60. The standard InChI is InChI=1S/C28H31N3O5/c1-28(2,3)21-9-7-20(8-10-21)26(33)30-13-11-22-25(27(34)35-4)23(16-24(32)31(22)15-14-30)36-18-19-6-5-12-29-17-19/h5-10,12,16-17H,11,13-15,18H2,1-4H3. The largest absolute Gasteiger partial charge is 0.488 e. The number of carbonyl (C=O) groups excluding carboxylic acids is 2. The Balaban J connectivity index is 1.60. The monoisotopic (exact) mass is 489 g/mol. The third kappa shape index (κ3) is 5.32. The van der Waals surface area contributed by atoms with Crippen molar-refractivity contribution in [1.29, 1.82) is 0 Å². The van der Waals surface area contributed by atoms with Crippen molar-refractivity contribution < 1.29 is 19.1 Å². The molecule has 0 atom stereocenters. The van der Waals surface area contributed by atoms with Gasteiger partial charge in [0, 0.05) is 61.3 Å². The van der Waals surface area contributed by atoms with Crippen molar-refractivity contribution in [2.45, 2.75) is 45.8 Å². The van der Waals surface area contributed by atoms with Crippen LogP contribution in [0.25, 0.3) is 0 Å². The minimum atomic E-state index is -0.586. The molecule has 0 N–H and O–H groups in total. The molecule has 0 unspecified atom stereocenters. The number of fused-ring (bicyclic) bond motifs is 1. The molecule has 0 aliphatic carbocycles. The first-order chi connectivity index (χ1) is 17.2. The summed E-state index contributed by atoms with van der Waals surface area (Å²) in [5.74, 6) is -0.527. The summed E-state index contributed by atoms with van der Waals surface area (Å²) in [6.07, 6.45) is 3.63. The Morgan fingerprint density at radius 2 is 1.81 bits per heavy atom. The second kappa shape index (κ2) is 10.4. The van der Waals surface area contributed by atoms with Crippen LogP contribution in [0.2, 0.25) is 0 Å². The second-order valence-electron chi connectivity index (χ2n) is 9.83. The first-order valence-corrected chi connectivity index (χ1v) is 12.0. The Morgan fingerprint density at radius 3 is 2.44 bits per heavy atom. The highest BCUT2D eigenvalue weighted by atomic mass is 16.5. The van der Waals surface area contributed by atoms with Crippen molar-refractivity contribution in [3.63, 3.8) is 0 Å². The number of hydrogen-bond acceptors (Lipinski definition) is 6. The summed E-state index contributed by atoms with van der Waals surface area (Å²) in [7, 11) is 1.29. The minimum absolute atomic E-state index is 0.00587. The van der Waals surface area contributed by atoms with E-state index < -0.39 is 5.97 Å². The van der Waals surface area contributed by atoms with Crippen LogP contribution >= 0.6 is 0 Å². The molecule has 2 aromatic heterocycles. The van der Waals surface area contributed by atoms with Crippen molar-refractivity contribution >= 4 is 11.9 Å². The number of rotatable bonds is 5. The van der Waals surface area contributed by atoms with Crippen LogP contribution in [0.1, 0.15) is 58.3 Å². The second-order valence-corrected chi connectivity index (χ2v) is 9.83. The molecule has 0 spiro atoms. The Bertz CT molecular complexity index is 1310. The van der Waals surface area contributed by atoms with Crippen molar-refractivity contribution in [3.05, 3.63) is 93.2 Å². The Morgan fingerprint density at radius 1 is 1.06 bits per heavy atom. The fraction of sp³-hybridized carbons (Fsp3) is 0.357. The van der Waals surface area contributed by atoms with Crippen LogP contribution in [0, 0.1) is 0 Å². The molecule has 0 saturated heterocycles. The highest BCUT2D eigenvalue weighted by Crippen LogP contribution is 2.26. The van der Waals surface area contributed by atoms with Gasteiger partial charge >= 0.3 is 5.97 Å². The first kappa shape index (κ1) is 25.2. The van der Waals surface area contributed by atoms with Crippen LogP contribution in [0.5, 0.6) is 5.75 Å². The lowest BCUT2D eigenvalue weighted by Crippen LogP contribution is -2.34. The van der Waals surface area contributed by atoms with Crippen LogP contribution < -0.4 is 10.3 Å². The van der Waals surface area contributed by atoms with E-state index >= 15 is 0 Å². The molecule has 4 rings (SSSR count). The molecular formula is C28H31N3O5. The summed E-state index contributed by atoms with van der Waals surface area (Å²) in [6, 6.07) is 12.6. The van der Waals surface area contributed by atoms with E-state index in [1.54, 1.807) is 27.9 Å². The average molecular weight is 490 g/mol. The third-order valence-corrected chi connectivity index (χ3v) is 6.39. The lowest BCUT2D eigenvalue weighted by molar-refractivity contribution is 0.0592. The van der Waals surface area contributed by atoms with E-state index in [-0.39, 0.29) is 41.3 Å². The smallest absolute Gasteiger partial charge is 0.343 e. The van der Waals surface area contributed by atoms with E-state index in [9.17, 15) is 14.4 Å². The van der Waals surface area contributed by atoms with Crippen LogP contribution in [-0.4, -0.2) is 46.5 Å². The number of aromatic nitrogens is 2. The van der Waals surface area contributed by atoms with Crippen molar-refractivity contribution in [3.8, 4) is 5.75 Å². The van der Waals surface area contributed by atoms with Gasteiger partial charge in [0.1, 0.15) is 17.9 Å². The maximum atomic E-state index is 13.3. The number of benzene rings is 1. The Hall–Kier alpha value is -3.94. The zero-order valence-electron chi connectivity index (χ0n) is 21.1. The number of amides is 1. The van der Waals surface area contributed by atoms with Gasteiger partial charge in [0.25, 0.3) is 11.5 Å². The Labute approximate surface area is 210 Å². The molecular weight excluding hydrogens is 458 g/mol. The number of pyridine rings is 2. The van der Waals surface area contributed by atoms with Gasteiger partial charge in [-0.25, -0.2) is 4.79 Å². The SMILES string of the molecule is COC(=O)c1c(OCc2cccnc2)cc(=O)n2c1CCN(C(=O)c1ccc(C(C)(C)C)cc1)CC2. The van der Waals surface area contributed by atoms with E-state index in [0.717, 1.165) is 11.1 Å². The molecule has 8 nitrogen and oxygen atoms in total. The molecule has 0 bridgehead atoms. The molecule has 1 aliphatic heterocycles. The average Bonchev–Trinajstić information content (AvgIpc) is 3.10. The molecule has 188 valence electrons. The normalized spacial score (nSPS) is 13.5. The van der Waals surface area contributed by atoms with Gasteiger partial charge in [-0.1, -0.05) is 39.0 Å². The maximum absolute atomic E-state index is 13.3. The van der Waals surface area contributed by atoms with Crippen LogP contribution in [0.4, 0.5) is 0 Å². The molecule has 1 aromatic carbocycles. The number of esters is 1. The summed E-state index contributed by atoms with van der Waals surface area (Å²) >= 11 is 0. The van der Waals surface area contributed by atoms with E-state index in [1.807, 2.05) is 30.3 Å². The lowest BCUT2D eigenvalue weighted by Gasteiger charge is -2.22. The summed E-state index contributed by atoms with van der Waals surface area (Å²) in [6.45, 7) is 7.50. The van der Waals surface area contributed by atoms with E-state index in [0.29, 0.717) is 30.8 Å². The third-order valence-electron chi connectivity index (χ3n) is 6.39. The molecule has 1 amide bonds. The number of carbonyl (C=O) groups is 2. The molecule has 3 aromatic rings. The first-order valence-electron chi connectivity index (χ1n) is 12.0. The fourth-order valence-electron chi connectivity index (χ4n) is 4.33. The molecule has 0 saturated carbocycles. The Kier molecular flexibility index (Phi) is 7.24. The molecule has 1 aliphatic rings. The van der Waals surface area contributed by atoms with Gasteiger partial charge < -0.3 is 18.9 Å². The summed E-state index contributed by atoms with van der Waals surface area (Å²) < 4.78 is 12.5. The molecule has 0 fully saturated rings. The van der Waals surface area contributed by atoms with Crippen LogP contribution in [-0.2, 0) is 29.7 Å². The van der Waals surface area contributed by atoms with Gasteiger partial charge in [-0.2, -0.15) is 0 Å². The van der Waals surface area contributed by atoms with Gasteiger partial charge in [-0.15, -0.1) is 0 Å². The van der Waals surface area contributed by atoms with E-state index in [2.05, 4.69) is 25.8 Å². The van der Waals surface area contributed by atoms with Crippen molar-refractivity contribution in [1.82, 2.24) is 14.5 Å². The predicted molar refractivity (Wildman–Crippen MR) is 135 cm³/mol. The highest BCUT2D eigenvalue weighted by molar-refractivity contribution is 5.95. The summed E-state index contributed by atoms with van der Waals surface area (Å²) in [4.78, 5) is 44.8. The van der Waals surface area contributed by atoms with Gasteiger partial charge in [0.15, 0.2) is 0 Å². The topological polar surface area (TPSA) is 90.7 Å². The minimum Gasteiger partial charge on any atom is -0.488 e. The van der Waals surface area contributed by atoms with E-state index in [4.69, 9.17) is 9.47 Å². The van der Waals surface area contributed by atoms with Gasteiger partial charge in [0.05, 0.1) is 7.11 Å². The lowest BCUT2D eigenvalue weighted by atomic mass is 9.86. The molecule has 3 heterocycles. The van der Waals surface area contributed by atoms with Crippen LogP contribution in [0.15, 0.2) is 59.7 Å². The number of methoxy groups -OCH3 is 1. The number of nitrogens with zero attached hydrogens (tertiary/aromatic N) is 3. The zero-order chi connectivity index (χ0) is 25.9. The zero-order valence-corrected chi connectivity index (χ0v) is 21.1. The number of hydrogen-bond donors (Lipinski definition) is 0. The van der Waals surface area contributed by atoms with Gasteiger partial charge in [0.2, 0.25) is 0 Å². The fourth-order valence-corrected chi connectivity index (χ4v) is 4.33. The summed E-state index contributed by atoms with van der Waals surface area (Å²) in [5.41, 5.74) is 2.97. The van der Waals surface area contributed by atoms with E-state index in [1.165, 1.54) is 13.2 Å². The molecule has 8 heteroatoms. The molecule has 0 radical (unpaired) electrons. The van der Waals surface area contributed by atoms with Gasteiger partial charge in [-0.3, -0.25) is 14.6 Å². The quantitative estimate of drug-likeness (QED) is 0.509. The number of ether oxygens (including phenoxy) is 2. The van der Waals surface area contributed by atoms with Crippen molar-refractivity contribution in [2.24, 2.45) is 0 Å². The summed E-state index contributed by atoms with van der Waals surface area (Å²) in [5, 5.41) is 0.